The van der Waals surface area contributed by atoms with Crippen LogP contribution in [0.1, 0.15) is 5.56 Å². The van der Waals surface area contributed by atoms with E-state index in [0.29, 0.717) is 11.7 Å². The first kappa shape index (κ1) is 15.5. The number of carboxylic acids is 1. The first-order chi connectivity index (χ1) is 11.7. The molecule has 2 N–H and O–H groups in total. The van der Waals surface area contributed by atoms with Crippen LogP contribution in [0.15, 0.2) is 54.6 Å². The van der Waals surface area contributed by atoms with Gasteiger partial charge in [0.05, 0.1) is 18.1 Å². The number of carboxylic acid groups (broad SMARTS) is 1. The molecule has 0 atom stereocenters. The highest BCUT2D eigenvalue weighted by molar-refractivity contribution is 5.85. The number of anilines is 2. The number of nitrogens with zero attached hydrogens (tertiary/aromatic N) is 2. The Labute approximate surface area is 138 Å². The third kappa shape index (κ3) is 3.49. The van der Waals surface area contributed by atoms with Gasteiger partial charge in [0.25, 0.3) is 5.88 Å². The molecule has 0 aliphatic carbocycles. The summed E-state index contributed by atoms with van der Waals surface area (Å²) in [6.07, 6.45) is 2.63. The van der Waals surface area contributed by atoms with E-state index >= 15 is 0 Å². The molecule has 1 aromatic heterocycles. The van der Waals surface area contributed by atoms with Crippen molar-refractivity contribution in [2.24, 2.45) is 0 Å². The highest BCUT2D eigenvalue weighted by Crippen LogP contribution is 2.26. The van der Waals surface area contributed by atoms with Crippen LogP contribution < -0.4 is 10.1 Å². The van der Waals surface area contributed by atoms with Crippen LogP contribution in [0, 0.1) is 0 Å². The van der Waals surface area contributed by atoms with Gasteiger partial charge in [-0.25, -0.2) is 14.8 Å². The van der Waals surface area contributed by atoms with Gasteiger partial charge < -0.3 is 15.2 Å². The van der Waals surface area contributed by atoms with E-state index in [1.54, 1.807) is 7.11 Å². The summed E-state index contributed by atoms with van der Waals surface area (Å²) < 4.78 is 5.30. The second kappa shape index (κ2) is 6.78. The maximum atomic E-state index is 10.5. The maximum absolute atomic E-state index is 10.5. The average Bonchev–Trinajstić information content (AvgIpc) is 2.60. The van der Waals surface area contributed by atoms with Crippen molar-refractivity contribution in [3.63, 3.8) is 0 Å². The summed E-state index contributed by atoms with van der Waals surface area (Å²) >= 11 is 0. The second-order valence-electron chi connectivity index (χ2n) is 4.99. The van der Waals surface area contributed by atoms with Gasteiger partial charge in [-0.05, 0) is 35.9 Å². The molecule has 0 saturated carbocycles. The number of methoxy groups -OCH3 is 1. The Kier molecular flexibility index (Phi) is 4.38. The van der Waals surface area contributed by atoms with Crippen molar-refractivity contribution < 1.29 is 14.6 Å². The second-order valence-corrected chi connectivity index (χ2v) is 4.99. The van der Waals surface area contributed by atoms with E-state index in [1.165, 1.54) is 6.08 Å². The number of hydrogen-bond acceptors (Lipinski definition) is 5. The molecule has 120 valence electrons. The average molecular weight is 321 g/mol. The number of fused-ring (bicyclic) bond motifs is 1. The summed E-state index contributed by atoms with van der Waals surface area (Å²) in [6.45, 7) is 0. The Morgan fingerprint density at radius 3 is 2.38 bits per heavy atom. The molecule has 0 amide bonds. The molecule has 6 nitrogen and oxygen atoms in total. The fraction of sp³-hybridized carbons (Fsp3) is 0.0556. The standard InChI is InChI=1S/C18H15N3O3/c1-24-18-17(20-14-4-2-3-5-15(14)21-18)19-13-9-6-12(7-10-13)8-11-16(22)23/h2-11H,1H3,(H,19,20)(H,22,23). The molecule has 0 unspecified atom stereocenters. The molecule has 2 aromatic carbocycles. The molecular formula is C18H15N3O3. The monoisotopic (exact) mass is 321 g/mol. The lowest BCUT2D eigenvalue weighted by molar-refractivity contribution is -0.131. The summed E-state index contributed by atoms with van der Waals surface area (Å²) in [5.74, 6) is -0.0537. The highest BCUT2D eigenvalue weighted by Gasteiger charge is 2.09. The van der Waals surface area contributed by atoms with Gasteiger partial charge in [-0.3, -0.25) is 0 Å². The van der Waals surface area contributed by atoms with E-state index in [-0.39, 0.29) is 0 Å². The Morgan fingerprint density at radius 2 is 1.75 bits per heavy atom. The first-order valence-corrected chi connectivity index (χ1v) is 7.24. The third-order valence-corrected chi connectivity index (χ3v) is 3.32. The molecule has 0 bridgehead atoms. The summed E-state index contributed by atoms with van der Waals surface area (Å²) in [7, 11) is 1.55. The largest absolute Gasteiger partial charge is 0.478 e. The SMILES string of the molecule is COc1nc2ccccc2nc1Nc1ccc(C=CC(=O)O)cc1. The van der Waals surface area contributed by atoms with E-state index in [0.717, 1.165) is 28.4 Å². The molecule has 0 radical (unpaired) electrons. The lowest BCUT2D eigenvalue weighted by atomic mass is 10.2. The zero-order valence-electron chi connectivity index (χ0n) is 12.9. The number of ether oxygens (including phenoxy) is 1. The van der Waals surface area contributed by atoms with Gasteiger partial charge in [0.1, 0.15) is 0 Å². The Hall–Kier alpha value is -3.41. The van der Waals surface area contributed by atoms with Crippen molar-refractivity contribution in [2.45, 2.75) is 0 Å². The summed E-state index contributed by atoms with van der Waals surface area (Å²) in [4.78, 5) is 19.5. The van der Waals surface area contributed by atoms with Crippen LogP contribution in [-0.2, 0) is 4.79 Å². The summed E-state index contributed by atoms with van der Waals surface area (Å²) in [5.41, 5.74) is 3.11. The van der Waals surface area contributed by atoms with E-state index in [1.807, 2.05) is 48.5 Å². The molecule has 3 rings (SSSR count). The minimum Gasteiger partial charge on any atom is -0.478 e. The quantitative estimate of drug-likeness (QED) is 0.700. The Bertz CT molecular complexity index is 905. The normalized spacial score (nSPS) is 10.9. The van der Waals surface area contributed by atoms with Gasteiger partial charge in [-0.15, -0.1) is 0 Å². The van der Waals surface area contributed by atoms with Crippen molar-refractivity contribution >= 4 is 34.6 Å². The molecule has 0 spiro atoms. The van der Waals surface area contributed by atoms with Crippen LogP contribution in [0.2, 0.25) is 0 Å². The number of nitrogens with one attached hydrogen (secondary N) is 1. The number of rotatable bonds is 5. The summed E-state index contributed by atoms with van der Waals surface area (Å²) in [5, 5.41) is 11.8. The highest BCUT2D eigenvalue weighted by atomic mass is 16.5. The molecule has 1 heterocycles. The molecule has 3 aromatic rings. The molecule has 0 saturated heterocycles. The van der Waals surface area contributed by atoms with Crippen molar-refractivity contribution in [2.75, 3.05) is 12.4 Å². The van der Waals surface area contributed by atoms with E-state index in [4.69, 9.17) is 9.84 Å². The van der Waals surface area contributed by atoms with E-state index in [2.05, 4.69) is 15.3 Å². The minimum absolute atomic E-state index is 0.406. The zero-order chi connectivity index (χ0) is 16.9. The van der Waals surface area contributed by atoms with Gasteiger partial charge in [0, 0.05) is 11.8 Å². The maximum Gasteiger partial charge on any atom is 0.328 e. The Morgan fingerprint density at radius 1 is 1.08 bits per heavy atom. The van der Waals surface area contributed by atoms with E-state index in [9.17, 15) is 4.79 Å². The fourth-order valence-corrected chi connectivity index (χ4v) is 2.19. The van der Waals surface area contributed by atoms with Gasteiger partial charge in [-0.2, -0.15) is 0 Å². The number of hydrogen-bond donors (Lipinski definition) is 2. The fourth-order valence-electron chi connectivity index (χ4n) is 2.19. The number of aromatic nitrogens is 2. The molecular weight excluding hydrogens is 306 g/mol. The van der Waals surface area contributed by atoms with Crippen LogP contribution in [0.5, 0.6) is 5.88 Å². The van der Waals surface area contributed by atoms with Crippen molar-refractivity contribution in [3.8, 4) is 5.88 Å². The predicted octanol–water partition coefficient (Wildman–Crippen LogP) is 3.48. The van der Waals surface area contributed by atoms with Crippen molar-refractivity contribution in [1.82, 2.24) is 9.97 Å². The van der Waals surface area contributed by atoms with Crippen LogP contribution in [0.4, 0.5) is 11.5 Å². The smallest absolute Gasteiger partial charge is 0.328 e. The molecule has 0 aliphatic heterocycles. The topological polar surface area (TPSA) is 84.3 Å². The number of aliphatic carboxylic acids is 1. The van der Waals surface area contributed by atoms with Gasteiger partial charge >= 0.3 is 5.97 Å². The number of carbonyl (C=O) groups is 1. The van der Waals surface area contributed by atoms with Crippen LogP contribution in [0.25, 0.3) is 17.1 Å². The lowest BCUT2D eigenvalue weighted by Crippen LogP contribution is -2.00. The molecule has 0 aliphatic rings. The van der Waals surface area contributed by atoms with E-state index < -0.39 is 5.97 Å². The third-order valence-electron chi connectivity index (χ3n) is 3.32. The number of benzene rings is 2. The van der Waals surface area contributed by atoms with Crippen LogP contribution in [-0.4, -0.2) is 28.2 Å². The number of para-hydroxylation sites is 2. The van der Waals surface area contributed by atoms with Gasteiger partial charge in [0.2, 0.25) is 0 Å². The first-order valence-electron chi connectivity index (χ1n) is 7.24. The minimum atomic E-state index is -0.978. The van der Waals surface area contributed by atoms with Crippen LogP contribution in [0.3, 0.4) is 0 Å². The van der Waals surface area contributed by atoms with Gasteiger partial charge in [-0.1, -0.05) is 24.3 Å². The predicted molar refractivity (Wildman–Crippen MR) is 92.5 cm³/mol. The molecule has 24 heavy (non-hydrogen) atoms. The molecule has 0 fully saturated rings. The van der Waals surface area contributed by atoms with Crippen molar-refractivity contribution in [3.05, 3.63) is 60.2 Å². The lowest BCUT2D eigenvalue weighted by Gasteiger charge is -2.10. The van der Waals surface area contributed by atoms with Crippen molar-refractivity contribution in [1.29, 1.82) is 0 Å². The van der Waals surface area contributed by atoms with Crippen LogP contribution >= 0.6 is 0 Å². The zero-order valence-corrected chi connectivity index (χ0v) is 12.9. The van der Waals surface area contributed by atoms with Gasteiger partial charge in [0.15, 0.2) is 5.82 Å². The summed E-state index contributed by atoms with van der Waals surface area (Å²) in [6, 6.07) is 14.8. The Balaban J connectivity index is 1.87. The molecule has 6 heteroatoms.